The standard InChI is InChI=1S/C18H24N2O2/c1-5-14-6-8-15(9-7-14)18-20-16(13(4)22-18)10-17(21)19-11-12(2)3/h6-9,12H,5,10-11H2,1-4H3,(H,19,21). The van der Waals surface area contributed by atoms with Crippen molar-refractivity contribution in [3.8, 4) is 11.5 Å². The van der Waals surface area contributed by atoms with Crippen molar-refractivity contribution in [1.82, 2.24) is 10.3 Å². The van der Waals surface area contributed by atoms with Gasteiger partial charge in [0.1, 0.15) is 5.76 Å². The van der Waals surface area contributed by atoms with Crippen LogP contribution in [0, 0.1) is 12.8 Å². The van der Waals surface area contributed by atoms with Crippen LogP contribution in [-0.4, -0.2) is 17.4 Å². The van der Waals surface area contributed by atoms with E-state index in [9.17, 15) is 4.79 Å². The highest BCUT2D eigenvalue weighted by Crippen LogP contribution is 2.22. The summed E-state index contributed by atoms with van der Waals surface area (Å²) in [4.78, 5) is 16.4. The number of carbonyl (C=O) groups is 1. The van der Waals surface area contributed by atoms with Crippen LogP contribution in [0.1, 0.15) is 37.8 Å². The molecule has 2 aromatic rings. The van der Waals surface area contributed by atoms with E-state index in [0.717, 1.165) is 12.0 Å². The molecule has 0 fully saturated rings. The van der Waals surface area contributed by atoms with Crippen LogP contribution in [-0.2, 0) is 17.6 Å². The molecule has 0 aliphatic heterocycles. The Kier molecular flexibility index (Phi) is 5.36. The van der Waals surface area contributed by atoms with Crippen LogP contribution < -0.4 is 5.32 Å². The zero-order valence-corrected chi connectivity index (χ0v) is 13.8. The Morgan fingerprint density at radius 3 is 2.55 bits per heavy atom. The van der Waals surface area contributed by atoms with E-state index in [1.165, 1.54) is 5.56 Å². The lowest BCUT2D eigenvalue weighted by Crippen LogP contribution is -2.28. The summed E-state index contributed by atoms with van der Waals surface area (Å²) in [6, 6.07) is 8.16. The maximum atomic E-state index is 11.9. The van der Waals surface area contributed by atoms with Crippen LogP contribution in [0.2, 0.25) is 0 Å². The summed E-state index contributed by atoms with van der Waals surface area (Å²) in [6.45, 7) is 8.79. The summed E-state index contributed by atoms with van der Waals surface area (Å²) in [5.41, 5.74) is 2.92. The van der Waals surface area contributed by atoms with Gasteiger partial charge in [0, 0.05) is 12.1 Å². The lowest BCUT2D eigenvalue weighted by Gasteiger charge is -2.06. The van der Waals surface area contributed by atoms with Crippen molar-refractivity contribution in [2.24, 2.45) is 5.92 Å². The maximum Gasteiger partial charge on any atom is 0.226 e. The molecule has 0 saturated carbocycles. The average molecular weight is 300 g/mol. The first-order valence-corrected chi connectivity index (χ1v) is 7.82. The van der Waals surface area contributed by atoms with Crippen molar-refractivity contribution in [1.29, 1.82) is 0 Å². The molecule has 0 atom stereocenters. The van der Waals surface area contributed by atoms with Gasteiger partial charge >= 0.3 is 0 Å². The van der Waals surface area contributed by atoms with Crippen LogP contribution in [0.5, 0.6) is 0 Å². The maximum absolute atomic E-state index is 11.9. The van der Waals surface area contributed by atoms with Crippen molar-refractivity contribution in [2.75, 3.05) is 6.54 Å². The van der Waals surface area contributed by atoms with Gasteiger partial charge in [-0.25, -0.2) is 4.98 Å². The van der Waals surface area contributed by atoms with E-state index in [4.69, 9.17) is 4.42 Å². The van der Waals surface area contributed by atoms with Gasteiger partial charge in [-0.3, -0.25) is 4.79 Å². The summed E-state index contributed by atoms with van der Waals surface area (Å²) in [5.74, 6) is 1.70. The fourth-order valence-corrected chi connectivity index (χ4v) is 2.13. The smallest absolute Gasteiger partial charge is 0.226 e. The van der Waals surface area contributed by atoms with Gasteiger partial charge in [0.05, 0.1) is 12.1 Å². The first-order valence-electron chi connectivity index (χ1n) is 7.82. The molecule has 4 nitrogen and oxygen atoms in total. The molecule has 1 heterocycles. The van der Waals surface area contributed by atoms with E-state index < -0.39 is 0 Å². The van der Waals surface area contributed by atoms with Gasteiger partial charge in [-0.15, -0.1) is 0 Å². The van der Waals surface area contributed by atoms with Gasteiger partial charge in [-0.1, -0.05) is 32.9 Å². The number of amides is 1. The minimum atomic E-state index is -0.0158. The highest BCUT2D eigenvalue weighted by atomic mass is 16.4. The number of nitrogens with zero attached hydrogens (tertiary/aromatic N) is 1. The van der Waals surface area contributed by atoms with Crippen LogP contribution in [0.15, 0.2) is 28.7 Å². The third-order valence-electron chi connectivity index (χ3n) is 3.54. The fraction of sp³-hybridized carbons (Fsp3) is 0.444. The lowest BCUT2D eigenvalue weighted by molar-refractivity contribution is -0.120. The Balaban J connectivity index is 2.08. The molecular formula is C18H24N2O2. The number of aryl methyl sites for hydroxylation is 2. The Morgan fingerprint density at radius 1 is 1.27 bits per heavy atom. The second kappa shape index (κ2) is 7.25. The average Bonchev–Trinajstić information content (AvgIpc) is 2.86. The van der Waals surface area contributed by atoms with E-state index in [0.29, 0.717) is 29.8 Å². The number of hydrogen-bond donors (Lipinski definition) is 1. The number of aromatic nitrogens is 1. The van der Waals surface area contributed by atoms with Gasteiger partial charge < -0.3 is 9.73 Å². The van der Waals surface area contributed by atoms with E-state index >= 15 is 0 Å². The first-order chi connectivity index (χ1) is 10.5. The van der Waals surface area contributed by atoms with Gasteiger partial charge in [0.15, 0.2) is 0 Å². The molecule has 0 unspecified atom stereocenters. The van der Waals surface area contributed by atoms with Crippen LogP contribution in [0.3, 0.4) is 0 Å². The van der Waals surface area contributed by atoms with E-state index in [-0.39, 0.29) is 12.3 Å². The van der Waals surface area contributed by atoms with Crippen molar-refractivity contribution in [3.05, 3.63) is 41.3 Å². The quantitative estimate of drug-likeness (QED) is 0.888. The molecule has 2 rings (SSSR count). The molecule has 0 aliphatic rings. The van der Waals surface area contributed by atoms with E-state index in [2.05, 4.69) is 43.2 Å². The summed E-state index contributed by atoms with van der Waals surface area (Å²) < 4.78 is 5.71. The van der Waals surface area contributed by atoms with Crippen LogP contribution in [0.4, 0.5) is 0 Å². The second-order valence-electron chi connectivity index (χ2n) is 5.95. The van der Waals surface area contributed by atoms with Crippen LogP contribution >= 0.6 is 0 Å². The zero-order chi connectivity index (χ0) is 16.1. The van der Waals surface area contributed by atoms with Crippen molar-refractivity contribution < 1.29 is 9.21 Å². The first kappa shape index (κ1) is 16.3. The van der Waals surface area contributed by atoms with Gasteiger partial charge in [0.2, 0.25) is 11.8 Å². The number of oxazole rings is 1. The molecule has 1 aromatic carbocycles. The number of hydrogen-bond acceptors (Lipinski definition) is 3. The zero-order valence-electron chi connectivity index (χ0n) is 13.8. The molecule has 1 N–H and O–H groups in total. The number of benzene rings is 1. The Morgan fingerprint density at radius 2 is 1.95 bits per heavy atom. The topological polar surface area (TPSA) is 55.1 Å². The predicted octanol–water partition coefficient (Wildman–Crippen LogP) is 3.53. The largest absolute Gasteiger partial charge is 0.441 e. The van der Waals surface area contributed by atoms with Gasteiger partial charge in [0.25, 0.3) is 0 Å². The van der Waals surface area contributed by atoms with Crippen molar-refractivity contribution in [2.45, 2.75) is 40.5 Å². The fourth-order valence-electron chi connectivity index (χ4n) is 2.13. The summed E-state index contributed by atoms with van der Waals surface area (Å²) in [5, 5.41) is 2.90. The summed E-state index contributed by atoms with van der Waals surface area (Å²) in [6.07, 6.45) is 1.27. The highest BCUT2D eigenvalue weighted by Gasteiger charge is 2.14. The minimum absolute atomic E-state index is 0.0158. The summed E-state index contributed by atoms with van der Waals surface area (Å²) >= 11 is 0. The molecule has 4 heteroatoms. The van der Waals surface area contributed by atoms with E-state index in [1.807, 2.05) is 19.1 Å². The normalized spacial score (nSPS) is 11.0. The monoisotopic (exact) mass is 300 g/mol. The molecule has 0 bridgehead atoms. The molecule has 0 aliphatic carbocycles. The summed E-state index contributed by atoms with van der Waals surface area (Å²) in [7, 11) is 0. The molecule has 22 heavy (non-hydrogen) atoms. The highest BCUT2D eigenvalue weighted by molar-refractivity contribution is 5.78. The molecule has 0 saturated heterocycles. The third-order valence-corrected chi connectivity index (χ3v) is 3.54. The Bertz CT molecular complexity index is 627. The third kappa shape index (κ3) is 4.20. The van der Waals surface area contributed by atoms with Crippen LogP contribution in [0.25, 0.3) is 11.5 Å². The second-order valence-corrected chi connectivity index (χ2v) is 5.95. The molecule has 0 spiro atoms. The van der Waals surface area contributed by atoms with Gasteiger partial charge in [-0.05, 0) is 37.0 Å². The van der Waals surface area contributed by atoms with Crippen molar-refractivity contribution in [3.63, 3.8) is 0 Å². The molecule has 1 amide bonds. The number of carbonyl (C=O) groups excluding carboxylic acids is 1. The number of rotatable bonds is 6. The van der Waals surface area contributed by atoms with Crippen molar-refractivity contribution >= 4 is 5.91 Å². The minimum Gasteiger partial charge on any atom is -0.441 e. The Hall–Kier alpha value is -2.10. The number of nitrogens with one attached hydrogen (secondary N) is 1. The van der Waals surface area contributed by atoms with Gasteiger partial charge in [-0.2, -0.15) is 0 Å². The molecular weight excluding hydrogens is 276 g/mol. The SMILES string of the molecule is CCc1ccc(-c2nc(CC(=O)NCC(C)C)c(C)o2)cc1. The predicted molar refractivity (Wildman–Crippen MR) is 87.6 cm³/mol. The lowest BCUT2D eigenvalue weighted by atomic mass is 10.1. The molecule has 118 valence electrons. The van der Waals surface area contributed by atoms with E-state index in [1.54, 1.807) is 0 Å². The Labute approximate surface area is 131 Å². The molecule has 1 aromatic heterocycles. The molecule has 0 radical (unpaired) electrons.